The lowest BCUT2D eigenvalue weighted by molar-refractivity contribution is -0.337. The van der Waals surface area contributed by atoms with Gasteiger partial charge in [-0.15, -0.1) is 0 Å². The number of amides is 1. The summed E-state index contributed by atoms with van der Waals surface area (Å²) in [4.78, 5) is 33.7. The Balaban J connectivity index is 1.17. The van der Waals surface area contributed by atoms with Gasteiger partial charge in [0.25, 0.3) is 0 Å². The highest BCUT2D eigenvalue weighted by atomic mass is 16.6. The van der Waals surface area contributed by atoms with Crippen LogP contribution in [0, 0.1) is 29.1 Å². The highest BCUT2D eigenvalue weighted by Gasteiger charge is 2.89. The minimum Gasteiger partial charge on any atom is -0.454 e. The smallest absolute Gasteiger partial charge is 0.340 e. The fourth-order valence-corrected chi connectivity index (χ4v) is 12.2. The van der Waals surface area contributed by atoms with Crippen molar-refractivity contribution in [3.8, 4) is 0 Å². The number of carbonyl (C=O) groups excluding carboxylic acids is 2. The summed E-state index contributed by atoms with van der Waals surface area (Å²) >= 11 is 0. The Morgan fingerprint density at radius 3 is 2.53 bits per heavy atom. The highest BCUT2D eigenvalue weighted by molar-refractivity contribution is 6.06. The van der Waals surface area contributed by atoms with E-state index in [2.05, 4.69) is 22.1 Å². The van der Waals surface area contributed by atoms with E-state index in [4.69, 9.17) is 18.9 Å². The fraction of sp³-hybridized carbons (Fsp3) is 0.605. The summed E-state index contributed by atoms with van der Waals surface area (Å²) in [5.41, 5.74) is -2.97. The maximum Gasteiger partial charge on any atom is 0.340 e. The van der Waals surface area contributed by atoms with Crippen LogP contribution < -0.4 is 5.32 Å². The summed E-state index contributed by atoms with van der Waals surface area (Å²) < 4.78 is 25.3. The van der Waals surface area contributed by atoms with Gasteiger partial charge in [0, 0.05) is 87.9 Å². The monoisotopic (exact) mass is 673 g/mol. The van der Waals surface area contributed by atoms with E-state index in [0.717, 1.165) is 5.56 Å². The number of hydrogen-bond acceptors (Lipinski definition) is 10. The first-order valence-electron chi connectivity index (χ1n) is 17.6. The number of nitrogens with zero attached hydrogens (tertiary/aromatic N) is 2. The van der Waals surface area contributed by atoms with Crippen molar-refractivity contribution in [2.75, 3.05) is 39.7 Å². The molecule has 6 aliphatic rings. The number of carbonyl (C=O) groups is 2. The summed E-state index contributed by atoms with van der Waals surface area (Å²) in [5.74, 6) is -1.79. The Hall–Kier alpha value is -3.19. The fourth-order valence-electron chi connectivity index (χ4n) is 12.2. The largest absolute Gasteiger partial charge is 0.454 e. The maximum atomic E-state index is 14.4. The number of methoxy groups -OCH3 is 3. The van der Waals surface area contributed by atoms with E-state index in [9.17, 15) is 19.8 Å². The van der Waals surface area contributed by atoms with Gasteiger partial charge in [-0.25, -0.2) is 4.79 Å². The molecule has 2 heterocycles. The van der Waals surface area contributed by atoms with E-state index < -0.39 is 34.3 Å². The average Bonchev–Trinajstić information content (AvgIpc) is 3.54. The first-order valence-corrected chi connectivity index (χ1v) is 17.6. The Kier molecular flexibility index (Phi) is 7.86. The van der Waals surface area contributed by atoms with E-state index in [1.54, 1.807) is 76.2 Å². The zero-order valence-corrected chi connectivity index (χ0v) is 28.6. The van der Waals surface area contributed by atoms with Crippen molar-refractivity contribution in [1.82, 2.24) is 9.88 Å². The van der Waals surface area contributed by atoms with Gasteiger partial charge in [0.2, 0.25) is 5.91 Å². The SMILES string of the molecule is CCN1C[C@]2(OC(=O)c3ccccc3NC(=O)/C=C/c3ccncc3)CC[C@H](OC)[C@]34C1[C@@H](C[C@H]23)[C@@]1(O)C[C@H](OC)[C@H]2C[C@@H]4[C@]1(O)[C@H]2OC. The molecule has 1 aromatic carbocycles. The Labute approximate surface area is 287 Å². The average molecular weight is 674 g/mol. The summed E-state index contributed by atoms with van der Waals surface area (Å²) in [6, 6.07) is 10.5. The Morgan fingerprint density at radius 2 is 1.82 bits per heavy atom. The van der Waals surface area contributed by atoms with Crippen molar-refractivity contribution in [1.29, 1.82) is 0 Å². The molecule has 1 unspecified atom stereocenters. The van der Waals surface area contributed by atoms with Crippen molar-refractivity contribution in [2.24, 2.45) is 29.1 Å². The maximum absolute atomic E-state index is 14.4. The molecule has 1 amide bonds. The molecule has 1 aromatic heterocycles. The molecule has 8 rings (SSSR count). The summed E-state index contributed by atoms with van der Waals surface area (Å²) in [7, 11) is 5.05. The number of nitrogens with one attached hydrogen (secondary N) is 1. The van der Waals surface area contributed by atoms with Crippen molar-refractivity contribution in [3.05, 3.63) is 66.0 Å². The van der Waals surface area contributed by atoms with Crippen LogP contribution in [0.15, 0.2) is 54.9 Å². The van der Waals surface area contributed by atoms with Gasteiger partial charge in [-0.1, -0.05) is 19.1 Å². The van der Waals surface area contributed by atoms with Gasteiger partial charge in [0.05, 0.1) is 29.6 Å². The number of benzene rings is 1. The van der Waals surface area contributed by atoms with Crippen LogP contribution in [0.3, 0.4) is 0 Å². The minimum atomic E-state index is -1.50. The number of anilines is 1. The Bertz CT molecular complexity index is 1660. The van der Waals surface area contributed by atoms with Crippen molar-refractivity contribution < 1.29 is 38.7 Å². The molecule has 7 bridgehead atoms. The van der Waals surface area contributed by atoms with Gasteiger partial charge in [-0.3, -0.25) is 14.7 Å². The van der Waals surface area contributed by atoms with E-state index in [0.29, 0.717) is 50.9 Å². The third kappa shape index (κ3) is 4.26. The lowest BCUT2D eigenvalue weighted by atomic mass is 9.44. The van der Waals surface area contributed by atoms with Gasteiger partial charge >= 0.3 is 5.97 Å². The lowest BCUT2D eigenvalue weighted by Gasteiger charge is -2.70. The van der Waals surface area contributed by atoms with E-state index in [1.807, 2.05) is 0 Å². The molecule has 262 valence electrons. The van der Waals surface area contributed by atoms with Gasteiger partial charge in [0.1, 0.15) is 16.8 Å². The number of aliphatic hydroxyl groups is 2. The molecule has 1 spiro atoms. The van der Waals surface area contributed by atoms with Crippen LogP contribution >= 0.6 is 0 Å². The van der Waals surface area contributed by atoms with Crippen LogP contribution in [-0.4, -0.2) is 108 Å². The molecule has 3 N–H and O–H groups in total. The van der Waals surface area contributed by atoms with E-state index >= 15 is 0 Å². The first kappa shape index (κ1) is 33.0. The van der Waals surface area contributed by atoms with Crippen LogP contribution in [0.25, 0.3) is 6.08 Å². The summed E-state index contributed by atoms with van der Waals surface area (Å²) in [6.45, 7) is 3.32. The first-order chi connectivity index (χ1) is 23.6. The number of aromatic nitrogens is 1. The predicted molar refractivity (Wildman–Crippen MR) is 179 cm³/mol. The number of pyridine rings is 1. The topological polar surface area (TPSA) is 140 Å². The number of likely N-dealkylation sites (tertiary alicyclic amines) is 1. The number of esters is 1. The second kappa shape index (κ2) is 11.7. The molecule has 49 heavy (non-hydrogen) atoms. The van der Waals surface area contributed by atoms with Crippen LogP contribution in [0.1, 0.15) is 54.9 Å². The Morgan fingerprint density at radius 1 is 1.04 bits per heavy atom. The molecule has 1 aliphatic heterocycles. The molecular formula is C38H47N3O8. The predicted octanol–water partition coefficient (Wildman–Crippen LogP) is 3.31. The van der Waals surface area contributed by atoms with Crippen LogP contribution in [0.2, 0.25) is 0 Å². The second-order valence-corrected chi connectivity index (χ2v) is 15.1. The van der Waals surface area contributed by atoms with Gasteiger partial charge in [-0.2, -0.15) is 0 Å². The van der Waals surface area contributed by atoms with Gasteiger partial charge in [-0.05, 0) is 68.1 Å². The number of hydrogen-bond donors (Lipinski definition) is 3. The minimum absolute atomic E-state index is 0.0690. The van der Waals surface area contributed by atoms with Crippen molar-refractivity contribution >= 4 is 23.6 Å². The number of para-hydroxylation sites is 1. The quantitative estimate of drug-likeness (QED) is 0.269. The van der Waals surface area contributed by atoms with Gasteiger partial charge in [0.15, 0.2) is 0 Å². The number of fused-ring (bicyclic) bond motifs is 2. The third-order valence-electron chi connectivity index (χ3n) is 13.7. The van der Waals surface area contributed by atoms with Crippen LogP contribution in [0.4, 0.5) is 5.69 Å². The molecule has 1 saturated heterocycles. The highest BCUT2D eigenvalue weighted by Crippen LogP contribution is 2.79. The third-order valence-corrected chi connectivity index (χ3v) is 13.7. The molecule has 0 radical (unpaired) electrons. The number of likely N-dealkylation sites (N-methyl/N-ethyl adjacent to an activating group) is 1. The molecule has 2 aromatic rings. The summed E-state index contributed by atoms with van der Waals surface area (Å²) in [5, 5.41) is 28.8. The molecule has 5 aliphatic carbocycles. The van der Waals surface area contributed by atoms with Crippen molar-refractivity contribution in [2.45, 2.75) is 80.2 Å². The molecule has 11 heteroatoms. The van der Waals surface area contributed by atoms with Crippen LogP contribution in [0.5, 0.6) is 0 Å². The zero-order chi connectivity index (χ0) is 34.3. The molecular weight excluding hydrogens is 626 g/mol. The number of rotatable bonds is 9. The van der Waals surface area contributed by atoms with Gasteiger partial charge < -0.3 is 34.5 Å². The van der Waals surface area contributed by atoms with E-state index in [1.165, 1.54) is 6.08 Å². The normalized spacial score (nSPS) is 43.1. The number of piperidine rings is 1. The zero-order valence-electron chi connectivity index (χ0n) is 28.6. The molecule has 5 saturated carbocycles. The summed E-state index contributed by atoms with van der Waals surface area (Å²) in [6.07, 6.45) is 8.16. The molecule has 11 nitrogen and oxygen atoms in total. The molecule has 6 fully saturated rings. The van der Waals surface area contributed by atoms with Crippen molar-refractivity contribution in [3.63, 3.8) is 0 Å². The lowest BCUT2D eigenvalue weighted by Crippen LogP contribution is -2.83. The number of ether oxygens (including phenoxy) is 4. The molecule has 12 atom stereocenters. The van der Waals surface area contributed by atoms with Crippen LogP contribution in [-0.2, 0) is 23.7 Å². The standard InChI is InChI=1S/C38H47N3O8/c1-5-41-21-35(49-34(43)23-8-6-7-9-26(23)40-31(42)11-10-22-13-16-39-17-14-22)15-12-30(47-3)37-28(35)19-25(32(37)41)36(44)20-27(46-2)24-18-29(37)38(36,45)33(24)48-4/h6-11,13-14,16-17,24-25,27-30,32-33,44-45H,5,12,15,18-21H2,1-4H3,(H,40,42)/b11-10+/t24-,25-,27+,28-,29+,30+,32?,33+,35-,36+,37+,38+/m1/s1. The van der Waals surface area contributed by atoms with E-state index in [-0.39, 0.29) is 53.4 Å². The second-order valence-electron chi connectivity index (χ2n) is 15.1.